The van der Waals surface area contributed by atoms with E-state index in [2.05, 4.69) is 0 Å². The van der Waals surface area contributed by atoms with Gasteiger partial charge >= 0.3 is 5.63 Å². The van der Waals surface area contributed by atoms with Crippen LogP contribution in [0.25, 0.3) is 5.76 Å². The van der Waals surface area contributed by atoms with Gasteiger partial charge in [0.15, 0.2) is 0 Å². The molecule has 0 radical (unpaired) electrons. The van der Waals surface area contributed by atoms with Crippen LogP contribution in [0.1, 0.15) is 28.0 Å². The molecule has 3 atom stereocenters. The van der Waals surface area contributed by atoms with Gasteiger partial charge < -0.3 is 28.1 Å². The Morgan fingerprint density at radius 2 is 1.41 bits per heavy atom. The molecule has 7 nitrogen and oxygen atoms in total. The molecule has 3 heterocycles. The molecule has 1 aromatic heterocycles. The summed E-state index contributed by atoms with van der Waals surface area (Å²) in [5.41, 5.74) is 3.40. The lowest BCUT2D eigenvalue weighted by molar-refractivity contribution is -0.152. The van der Waals surface area contributed by atoms with Crippen LogP contribution in [-0.4, -0.2) is 25.6 Å². The highest BCUT2D eigenvalue weighted by atomic mass is 16.7. The van der Waals surface area contributed by atoms with Crippen molar-refractivity contribution in [1.29, 1.82) is 0 Å². The highest BCUT2D eigenvalue weighted by molar-refractivity contribution is 5.71. The molecule has 0 N–H and O–H groups in total. The fraction of sp³-hybridized carbons (Fsp3) is 0.265. The Hall–Kier alpha value is -4.17. The van der Waals surface area contributed by atoms with Crippen LogP contribution in [0.4, 0.5) is 0 Å². The molecular weight excluding hydrogens is 520 g/mol. The van der Waals surface area contributed by atoms with E-state index in [4.69, 9.17) is 28.1 Å². The van der Waals surface area contributed by atoms with Crippen LogP contribution in [0, 0.1) is 12.8 Å². The number of aryl methyl sites for hydroxylation is 1. The first-order valence-corrected chi connectivity index (χ1v) is 13.8. The number of fused-ring (bicyclic) bond motifs is 2. The summed E-state index contributed by atoms with van der Waals surface area (Å²) in [6.45, 7) is 3.52. The molecule has 1 unspecified atom stereocenters. The van der Waals surface area contributed by atoms with Crippen molar-refractivity contribution in [3.63, 3.8) is 0 Å². The van der Waals surface area contributed by atoms with Gasteiger partial charge in [0.05, 0.1) is 38.1 Å². The predicted octanol–water partition coefficient (Wildman–Crippen LogP) is 6.04. The summed E-state index contributed by atoms with van der Waals surface area (Å²) in [6.07, 6.45) is -1.27. The number of hydrogen-bond donors (Lipinski definition) is 0. The Bertz CT molecular complexity index is 1530. The first-order valence-electron chi connectivity index (χ1n) is 13.8. The van der Waals surface area contributed by atoms with Crippen molar-refractivity contribution < 1.29 is 28.1 Å². The third kappa shape index (κ3) is 6.28. The molecule has 1 saturated heterocycles. The SMILES string of the molecule is Cc1cc2c(c(=O)o1)C(OCc1ccccc1)=C1C(OC[C@H](COCc3ccccc3)[C@@H]1OCc1ccccc1)O2. The molecule has 0 amide bonds. The standard InChI is InChI=1S/C34H32O7/c1-23-17-28-29(33(35)40-23)32(38-20-26-15-9-4-10-16-26)30-31(37-19-25-13-7-3-8-14-25)27(22-39-34(30)41-28)21-36-18-24-11-5-2-6-12-24/h2-17,27,31,34H,18-22H2,1H3/t27-,31-,34?/m0/s1. The fourth-order valence-electron chi connectivity index (χ4n) is 5.16. The van der Waals surface area contributed by atoms with E-state index in [1.54, 1.807) is 13.0 Å². The number of ether oxygens (including phenoxy) is 5. The molecule has 0 saturated carbocycles. The Labute approximate surface area is 238 Å². The van der Waals surface area contributed by atoms with E-state index < -0.39 is 18.0 Å². The Kier molecular flexibility index (Phi) is 8.28. The van der Waals surface area contributed by atoms with Crippen LogP contribution in [-0.2, 0) is 38.8 Å². The van der Waals surface area contributed by atoms with Gasteiger partial charge in [-0.1, -0.05) is 91.0 Å². The molecule has 3 aromatic carbocycles. The van der Waals surface area contributed by atoms with Gasteiger partial charge in [0.1, 0.15) is 29.4 Å². The quantitative estimate of drug-likeness (QED) is 0.237. The van der Waals surface area contributed by atoms with E-state index in [1.807, 2.05) is 91.0 Å². The summed E-state index contributed by atoms with van der Waals surface area (Å²) in [5.74, 6) is 1.02. The minimum atomic E-state index is -0.777. The van der Waals surface area contributed by atoms with Gasteiger partial charge in [-0.05, 0) is 23.6 Å². The fourth-order valence-corrected chi connectivity index (χ4v) is 5.16. The molecule has 210 valence electrons. The second kappa shape index (κ2) is 12.6. The van der Waals surface area contributed by atoms with Crippen LogP contribution in [0.15, 0.2) is 112 Å². The van der Waals surface area contributed by atoms with Gasteiger partial charge in [0.2, 0.25) is 6.29 Å². The van der Waals surface area contributed by atoms with Gasteiger partial charge in [-0.15, -0.1) is 0 Å². The Morgan fingerprint density at radius 1 is 0.805 bits per heavy atom. The van der Waals surface area contributed by atoms with Gasteiger partial charge in [0, 0.05) is 12.0 Å². The van der Waals surface area contributed by atoms with Crippen molar-refractivity contribution in [2.24, 2.45) is 5.92 Å². The summed E-state index contributed by atoms with van der Waals surface area (Å²) < 4.78 is 37.2. The lowest BCUT2D eigenvalue weighted by Gasteiger charge is -2.41. The van der Waals surface area contributed by atoms with E-state index in [0.717, 1.165) is 16.7 Å². The topological polar surface area (TPSA) is 76.4 Å². The van der Waals surface area contributed by atoms with Gasteiger partial charge in [-0.25, -0.2) is 4.79 Å². The van der Waals surface area contributed by atoms with Crippen LogP contribution in [0.5, 0.6) is 5.75 Å². The maximum absolute atomic E-state index is 13.2. The van der Waals surface area contributed by atoms with E-state index in [1.165, 1.54) is 0 Å². The largest absolute Gasteiger partial charge is 0.488 e. The van der Waals surface area contributed by atoms with Gasteiger partial charge in [0.25, 0.3) is 0 Å². The number of benzene rings is 3. The van der Waals surface area contributed by atoms with E-state index in [-0.39, 0.29) is 18.1 Å². The molecule has 4 aromatic rings. The summed E-state index contributed by atoms with van der Waals surface area (Å²) in [4.78, 5) is 13.2. The molecule has 6 rings (SSSR count). The molecule has 41 heavy (non-hydrogen) atoms. The molecule has 0 aliphatic carbocycles. The molecule has 7 heteroatoms. The second-order valence-electron chi connectivity index (χ2n) is 10.2. The third-order valence-electron chi connectivity index (χ3n) is 7.15. The molecular formula is C34H32O7. The molecule has 0 spiro atoms. The highest BCUT2D eigenvalue weighted by Gasteiger charge is 2.45. The average molecular weight is 553 g/mol. The van der Waals surface area contributed by atoms with Crippen molar-refractivity contribution in [3.05, 3.63) is 141 Å². The van der Waals surface area contributed by atoms with Crippen LogP contribution in [0.3, 0.4) is 0 Å². The van der Waals surface area contributed by atoms with Crippen molar-refractivity contribution in [3.8, 4) is 5.75 Å². The summed E-state index contributed by atoms with van der Waals surface area (Å²) in [6, 6.07) is 31.5. The molecule has 1 fully saturated rings. The van der Waals surface area contributed by atoms with Crippen LogP contribution >= 0.6 is 0 Å². The zero-order valence-electron chi connectivity index (χ0n) is 22.9. The van der Waals surface area contributed by atoms with Crippen molar-refractivity contribution in [2.45, 2.75) is 39.1 Å². The second-order valence-corrected chi connectivity index (χ2v) is 10.2. The van der Waals surface area contributed by atoms with Crippen LogP contribution < -0.4 is 10.4 Å². The normalized spacial score (nSPS) is 19.7. The average Bonchev–Trinajstić information content (AvgIpc) is 3.00. The van der Waals surface area contributed by atoms with Gasteiger partial charge in [-0.2, -0.15) is 0 Å². The lowest BCUT2D eigenvalue weighted by atomic mass is 9.89. The van der Waals surface area contributed by atoms with E-state index in [9.17, 15) is 4.79 Å². The smallest absolute Gasteiger partial charge is 0.350 e. The molecule has 2 aliphatic heterocycles. The lowest BCUT2D eigenvalue weighted by Crippen LogP contribution is -2.48. The third-order valence-corrected chi connectivity index (χ3v) is 7.15. The zero-order chi connectivity index (χ0) is 28.0. The minimum Gasteiger partial charge on any atom is -0.488 e. The maximum Gasteiger partial charge on any atom is 0.350 e. The zero-order valence-corrected chi connectivity index (χ0v) is 22.9. The molecule has 0 bridgehead atoms. The minimum absolute atomic E-state index is 0.174. The van der Waals surface area contributed by atoms with E-state index in [0.29, 0.717) is 49.3 Å². The highest BCUT2D eigenvalue weighted by Crippen LogP contribution is 2.42. The summed E-state index contributed by atoms with van der Waals surface area (Å²) in [5, 5.41) is 0. The van der Waals surface area contributed by atoms with Crippen molar-refractivity contribution >= 4 is 5.76 Å². The Morgan fingerprint density at radius 3 is 2.07 bits per heavy atom. The van der Waals surface area contributed by atoms with Crippen molar-refractivity contribution in [1.82, 2.24) is 0 Å². The maximum atomic E-state index is 13.2. The number of hydrogen-bond acceptors (Lipinski definition) is 7. The molecule has 2 aliphatic rings. The summed E-state index contributed by atoms with van der Waals surface area (Å²) >= 11 is 0. The van der Waals surface area contributed by atoms with Crippen LogP contribution in [0.2, 0.25) is 0 Å². The number of rotatable bonds is 10. The van der Waals surface area contributed by atoms with Gasteiger partial charge in [-0.3, -0.25) is 0 Å². The first kappa shape index (κ1) is 27.0. The predicted molar refractivity (Wildman–Crippen MR) is 153 cm³/mol. The Balaban J connectivity index is 1.36. The van der Waals surface area contributed by atoms with E-state index >= 15 is 0 Å². The summed E-state index contributed by atoms with van der Waals surface area (Å²) in [7, 11) is 0. The first-order chi connectivity index (χ1) is 20.2. The van der Waals surface area contributed by atoms with Crippen molar-refractivity contribution in [2.75, 3.05) is 13.2 Å². The monoisotopic (exact) mass is 552 g/mol.